The SMILES string of the molecule is CC/C=C\C/C=C\C/C=C\C/C=C\C/C=C\C/C=C\C/C=C\C/C=C\C/C=C\C/C=C\CCCCC(=O)OC(COC(=O)CCCCCCCCCCCCCCCCCCCCCCCCCCC/C=C\CCCCCCCCCC)COC(OCC[N+](C)(C)C)C(=O)O. The zero-order chi connectivity index (χ0) is 69.0. The third kappa shape index (κ3) is 76.7. The van der Waals surface area contributed by atoms with Crippen LogP contribution in [0.1, 0.15) is 335 Å². The number of nitrogens with zero attached hydrogens (tertiary/aromatic N) is 1. The molecule has 0 heterocycles. The molecule has 0 aromatic carbocycles. The largest absolute Gasteiger partial charge is 0.477 e. The van der Waals surface area contributed by atoms with E-state index < -0.39 is 24.3 Å². The summed E-state index contributed by atoms with van der Waals surface area (Å²) in [6.07, 6.45) is 106. The number of ether oxygens (including phenoxy) is 4. The van der Waals surface area contributed by atoms with Gasteiger partial charge in [-0.2, -0.15) is 0 Å². The number of carboxylic acids is 1. The number of hydrogen-bond donors (Lipinski definition) is 1. The molecule has 0 radical (unpaired) electrons. The highest BCUT2D eigenvalue weighted by Crippen LogP contribution is 2.18. The van der Waals surface area contributed by atoms with Crippen LogP contribution in [-0.2, 0) is 33.3 Å². The summed E-state index contributed by atoms with van der Waals surface area (Å²) in [4.78, 5) is 37.7. The van der Waals surface area contributed by atoms with E-state index >= 15 is 0 Å². The summed E-state index contributed by atoms with van der Waals surface area (Å²) >= 11 is 0. The van der Waals surface area contributed by atoms with Crippen LogP contribution in [0.25, 0.3) is 0 Å². The Labute approximate surface area is 586 Å². The lowest BCUT2D eigenvalue weighted by Gasteiger charge is -2.25. The number of esters is 2. The first-order chi connectivity index (χ1) is 46.6. The molecule has 95 heavy (non-hydrogen) atoms. The van der Waals surface area contributed by atoms with Crippen LogP contribution in [0.3, 0.4) is 0 Å². The average Bonchev–Trinajstić information content (AvgIpc) is 3.75. The van der Waals surface area contributed by atoms with Gasteiger partial charge in [0.2, 0.25) is 0 Å². The minimum Gasteiger partial charge on any atom is -0.477 e. The second-order valence-corrected chi connectivity index (χ2v) is 27.3. The molecule has 0 aliphatic heterocycles. The van der Waals surface area contributed by atoms with Crippen LogP contribution in [0.15, 0.2) is 134 Å². The number of unbranched alkanes of at least 4 members (excludes halogenated alkanes) is 35. The van der Waals surface area contributed by atoms with Gasteiger partial charge in [-0.1, -0.05) is 340 Å². The van der Waals surface area contributed by atoms with Crippen molar-refractivity contribution in [3.63, 3.8) is 0 Å². The Morgan fingerprint density at radius 2 is 0.600 bits per heavy atom. The molecule has 0 fully saturated rings. The highest BCUT2D eigenvalue weighted by molar-refractivity contribution is 5.71. The van der Waals surface area contributed by atoms with Crippen molar-refractivity contribution in [1.82, 2.24) is 0 Å². The van der Waals surface area contributed by atoms with E-state index in [1.54, 1.807) is 0 Å². The van der Waals surface area contributed by atoms with Crippen LogP contribution in [-0.4, -0.2) is 87.4 Å². The van der Waals surface area contributed by atoms with Crippen LogP contribution in [0.4, 0.5) is 0 Å². The van der Waals surface area contributed by atoms with Crippen LogP contribution in [0.2, 0.25) is 0 Å². The van der Waals surface area contributed by atoms with Crippen LogP contribution < -0.4 is 0 Å². The predicted octanol–water partition coefficient (Wildman–Crippen LogP) is 25.3. The highest BCUT2D eigenvalue weighted by Gasteiger charge is 2.25. The van der Waals surface area contributed by atoms with Crippen molar-refractivity contribution in [3.05, 3.63) is 134 Å². The molecule has 9 heteroatoms. The van der Waals surface area contributed by atoms with Gasteiger partial charge in [0.25, 0.3) is 6.29 Å². The molecule has 544 valence electrons. The number of carbonyl (C=O) groups excluding carboxylic acids is 2. The Bertz CT molecular complexity index is 2030. The average molecular weight is 1320 g/mol. The van der Waals surface area contributed by atoms with E-state index in [-0.39, 0.29) is 38.6 Å². The summed E-state index contributed by atoms with van der Waals surface area (Å²) in [5.41, 5.74) is 0. The highest BCUT2D eigenvalue weighted by atomic mass is 16.7. The minimum atomic E-state index is -1.53. The number of rotatable bonds is 72. The zero-order valence-corrected chi connectivity index (χ0v) is 62.3. The van der Waals surface area contributed by atoms with Crippen LogP contribution in [0.5, 0.6) is 0 Å². The van der Waals surface area contributed by atoms with Crippen molar-refractivity contribution in [2.75, 3.05) is 47.5 Å². The molecule has 0 aliphatic carbocycles. The molecule has 0 aromatic heterocycles. The molecule has 0 aromatic rings. The lowest BCUT2D eigenvalue weighted by atomic mass is 10.0. The minimum absolute atomic E-state index is 0.173. The molecule has 0 bridgehead atoms. The van der Waals surface area contributed by atoms with E-state index in [9.17, 15) is 19.5 Å². The Kier molecular flexibility index (Phi) is 71.6. The molecule has 0 spiro atoms. The molecule has 0 saturated carbocycles. The van der Waals surface area contributed by atoms with Gasteiger partial charge in [0.05, 0.1) is 34.4 Å². The van der Waals surface area contributed by atoms with E-state index in [4.69, 9.17) is 18.9 Å². The maximum atomic E-state index is 13.0. The van der Waals surface area contributed by atoms with Crippen molar-refractivity contribution in [1.29, 1.82) is 0 Å². The first-order valence-corrected chi connectivity index (χ1v) is 39.3. The van der Waals surface area contributed by atoms with Gasteiger partial charge in [-0.15, -0.1) is 0 Å². The van der Waals surface area contributed by atoms with E-state index in [1.165, 1.54) is 205 Å². The van der Waals surface area contributed by atoms with Crippen LogP contribution >= 0.6 is 0 Å². The summed E-state index contributed by atoms with van der Waals surface area (Å²) in [5, 5.41) is 9.76. The van der Waals surface area contributed by atoms with E-state index in [2.05, 4.69) is 148 Å². The molecule has 2 unspecified atom stereocenters. The topological polar surface area (TPSA) is 108 Å². The van der Waals surface area contributed by atoms with Gasteiger partial charge in [-0.25, -0.2) is 4.79 Å². The number of allylic oxidation sites excluding steroid dienone is 22. The fourth-order valence-electron chi connectivity index (χ4n) is 10.9. The number of hydrogen-bond acceptors (Lipinski definition) is 7. The Balaban J connectivity index is 4.12. The van der Waals surface area contributed by atoms with E-state index in [0.29, 0.717) is 17.4 Å². The summed E-state index contributed by atoms with van der Waals surface area (Å²) in [7, 11) is 5.96. The monoisotopic (exact) mass is 1320 g/mol. The molecule has 0 rings (SSSR count). The maximum Gasteiger partial charge on any atom is 0.361 e. The first kappa shape index (κ1) is 90.4. The fourth-order valence-corrected chi connectivity index (χ4v) is 10.9. The molecular weight excluding hydrogens is 1170 g/mol. The summed E-state index contributed by atoms with van der Waals surface area (Å²) in [6.45, 7) is 4.73. The zero-order valence-electron chi connectivity index (χ0n) is 62.3. The number of likely N-dealkylation sites (N-methyl/N-ethyl adjacent to an activating group) is 1. The Morgan fingerprint density at radius 3 is 0.926 bits per heavy atom. The van der Waals surface area contributed by atoms with Gasteiger partial charge in [0, 0.05) is 12.8 Å². The Morgan fingerprint density at radius 1 is 0.326 bits per heavy atom. The molecule has 0 aliphatic rings. The quantitative estimate of drug-likeness (QED) is 0.0211. The molecule has 9 nitrogen and oxygen atoms in total. The smallest absolute Gasteiger partial charge is 0.361 e. The lowest BCUT2D eigenvalue weighted by molar-refractivity contribution is -0.870. The summed E-state index contributed by atoms with van der Waals surface area (Å²) < 4.78 is 23.0. The van der Waals surface area contributed by atoms with E-state index in [0.717, 1.165) is 96.3 Å². The number of aliphatic carboxylic acids is 1. The molecule has 0 saturated heterocycles. The second kappa shape index (κ2) is 75.2. The van der Waals surface area contributed by atoms with Gasteiger partial charge in [-0.05, 0) is 116 Å². The number of carboxylic acid groups (broad SMARTS) is 1. The number of quaternary nitrogens is 1. The normalized spacial score (nSPS) is 13.4. The van der Waals surface area contributed by atoms with Gasteiger partial charge < -0.3 is 28.5 Å². The predicted molar refractivity (Wildman–Crippen MR) is 410 cm³/mol. The van der Waals surface area contributed by atoms with Crippen LogP contribution in [0, 0.1) is 0 Å². The first-order valence-electron chi connectivity index (χ1n) is 39.3. The van der Waals surface area contributed by atoms with Crippen molar-refractivity contribution in [2.24, 2.45) is 0 Å². The van der Waals surface area contributed by atoms with Gasteiger partial charge in [0.15, 0.2) is 6.10 Å². The third-order valence-corrected chi connectivity index (χ3v) is 16.9. The van der Waals surface area contributed by atoms with Crippen molar-refractivity contribution in [2.45, 2.75) is 347 Å². The molecular formula is C86H148NO8+. The van der Waals surface area contributed by atoms with E-state index in [1.807, 2.05) is 21.1 Å². The van der Waals surface area contributed by atoms with Gasteiger partial charge in [0.1, 0.15) is 13.2 Å². The maximum absolute atomic E-state index is 13.0. The molecule has 0 amide bonds. The second-order valence-electron chi connectivity index (χ2n) is 27.3. The fraction of sp³-hybridized carbons (Fsp3) is 0.709. The number of carbonyl (C=O) groups is 3. The lowest BCUT2D eigenvalue weighted by Crippen LogP contribution is -2.40. The Hall–Kier alpha value is -4.57. The molecule has 2 atom stereocenters. The third-order valence-electron chi connectivity index (χ3n) is 16.9. The molecule has 1 N–H and O–H groups in total. The van der Waals surface area contributed by atoms with Crippen molar-refractivity contribution in [3.8, 4) is 0 Å². The standard InChI is InChI=1S/C86H147NO8/c1-6-8-10-12-14-16-18-20-22-24-26-28-30-32-34-36-38-40-41-42-43-45-46-48-50-52-54-56-58-60-62-64-66-68-70-72-74-76-83(88)93-80-82(81-94-86(85(90)91)92-79-78-87(3,4)5)95-84(89)77-75-73-71-69-67-65-63-61-59-57-55-53-51-49-47-44-39-37-35-33-31-29-27-25-23-21-19-17-15-13-11-9-7-2/h9,11,15,17,21,23-24,26-27,29,33,35,39,44,49,51,55,57,61,63,67,69,82,86H,6-8,10,12-14,16,18-20,22,25,28,30-32,34,36-38,40-43,45-48,50,52-54,56,58-60,62,64-66,68,70-81H2,1-5H3/p+1/b11-9-,17-15-,23-21-,26-24-,29-27-,35-33-,44-39-,51-49-,57-55-,63-61-,69-67-. The van der Waals surface area contributed by atoms with Crippen molar-refractivity contribution < 1.29 is 42.9 Å². The summed E-state index contributed by atoms with van der Waals surface area (Å²) in [5.74, 6) is -2.06. The summed E-state index contributed by atoms with van der Waals surface area (Å²) in [6, 6.07) is 0. The van der Waals surface area contributed by atoms with Gasteiger partial charge >= 0.3 is 17.9 Å². The van der Waals surface area contributed by atoms with Gasteiger partial charge in [-0.3, -0.25) is 9.59 Å². The van der Waals surface area contributed by atoms with Crippen molar-refractivity contribution >= 4 is 17.9 Å².